The van der Waals surface area contributed by atoms with Gasteiger partial charge in [0.15, 0.2) is 0 Å². The molecule has 1 fully saturated rings. The first-order valence-electron chi connectivity index (χ1n) is 16.6. The Balaban J connectivity index is 3.26. The largest absolute Gasteiger partial charge is 0.481 e. The zero-order valence-electron chi connectivity index (χ0n) is 28.5. The summed E-state index contributed by atoms with van der Waals surface area (Å²) in [6, 6.07) is -8.65. The van der Waals surface area contributed by atoms with Gasteiger partial charge in [0.2, 0.25) is 41.4 Å². The van der Waals surface area contributed by atoms with Crippen LogP contribution < -0.4 is 49.1 Å². The molecule has 0 unspecified atom stereocenters. The normalized spacial score (nSPS) is 16.5. The maximum Gasteiger partial charge on any atom is 0.326 e. The summed E-state index contributed by atoms with van der Waals surface area (Å²) in [6.45, 7) is 0.907. The second kappa shape index (κ2) is 23.2. The summed E-state index contributed by atoms with van der Waals surface area (Å²) in [5, 5.41) is 42.4. The van der Waals surface area contributed by atoms with Crippen molar-refractivity contribution in [1.29, 1.82) is 0 Å². The molecule has 0 spiro atoms. The van der Waals surface area contributed by atoms with E-state index in [0.29, 0.717) is 32.4 Å². The summed E-state index contributed by atoms with van der Waals surface area (Å²) in [5.74, 6) is -11.3. The number of hydrogen-bond acceptors (Lipinski definition) is 12. The lowest BCUT2D eigenvalue weighted by atomic mass is 10.0. The van der Waals surface area contributed by atoms with Crippen LogP contribution in [0.5, 0.6) is 0 Å². The Morgan fingerprint density at radius 3 is 1.50 bits per heavy atom. The number of amides is 7. The van der Waals surface area contributed by atoms with Gasteiger partial charge in [0.25, 0.3) is 0 Å². The molecule has 1 saturated heterocycles. The Hall–Kier alpha value is -5.38. The number of carboxylic acid groups (broad SMARTS) is 3. The highest BCUT2D eigenvalue weighted by atomic mass is 16.4. The summed E-state index contributed by atoms with van der Waals surface area (Å²) in [6.07, 6.45) is -1.80. The molecule has 0 aromatic rings. The lowest BCUT2D eigenvalue weighted by Gasteiger charge is -2.26. The Morgan fingerprint density at radius 1 is 0.596 bits per heavy atom. The molecular weight excluding hydrogens is 694 g/mol. The SMILES string of the molecule is NCCCC[C@H](NC(=O)[C@@H]1CCCN1)C(=O)N[C@@H](CCC(N)=O)C(=O)N[C@@H](CC(=O)O)C(=O)N[C@@H](CCC(=O)O)C(=O)N[C@@H](CCC(N)=O)C(=O)O. The fraction of sp³-hybridized carbons (Fsp3) is 0.667. The minimum atomic E-state index is -1.95. The summed E-state index contributed by atoms with van der Waals surface area (Å²) < 4.78 is 0. The molecule has 0 radical (unpaired) electrons. The molecule has 7 amide bonds. The molecule has 22 nitrogen and oxygen atoms in total. The Labute approximate surface area is 298 Å². The number of carbonyl (C=O) groups is 10. The molecule has 1 rings (SSSR count). The van der Waals surface area contributed by atoms with E-state index in [1.807, 2.05) is 0 Å². The average Bonchev–Trinajstić information content (AvgIpc) is 3.60. The van der Waals surface area contributed by atoms with E-state index in [4.69, 9.17) is 22.3 Å². The van der Waals surface area contributed by atoms with Crippen molar-refractivity contribution in [2.24, 2.45) is 17.2 Å². The molecule has 0 bridgehead atoms. The van der Waals surface area contributed by atoms with Crippen LogP contribution in [0.1, 0.15) is 77.0 Å². The van der Waals surface area contributed by atoms with Crippen LogP contribution in [0.25, 0.3) is 0 Å². The van der Waals surface area contributed by atoms with E-state index >= 15 is 0 Å². The van der Waals surface area contributed by atoms with Crippen molar-refractivity contribution in [3.63, 3.8) is 0 Å². The van der Waals surface area contributed by atoms with E-state index in [9.17, 15) is 58.2 Å². The third-order valence-electron chi connectivity index (χ3n) is 7.85. The van der Waals surface area contributed by atoms with Crippen LogP contribution in [-0.2, 0) is 47.9 Å². The number of carboxylic acids is 3. The molecule has 52 heavy (non-hydrogen) atoms. The standard InChI is InChI=1S/C30H49N9O13/c31-12-2-1-4-16(35-25(46)15-5-3-13-34-15)26(47)36-17(6-9-21(32)40)28(49)39-20(14-24(44)45)29(50)37-18(8-11-23(42)43)27(48)38-19(30(51)52)7-10-22(33)41/h15-20,34H,1-14,31H2,(H2,32,40)(H2,33,41)(H,35,46)(H,36,47)(H,37,50)(H,38,48)(H,39,49)(H,42,43)(H,44,45)(H,51,52)/t15-,16-,17-,18-,19-,20-/m0/s1. The summed E-state index contributed by atoms with van der Waals surface area (Å²) in [4.78, 5) is 123. The highest BCUT2D eigenvalue weighted by molar-refractivity contribution is 5.97. The molecular formula is C30H49N9O13. The van der Waals surface area contributed by atoms with Crippen LogP contribution in [0.2, 0.25) is 0 Å². The van der Waals surface area contributed by atoms with Gasteiger partial charge < -0.3 is 64.4 Å². The van der Waals surface area contributed by atoms with E-state index in [1.165, 1.54) is 0 Å². The third kappa shape index (κ3) is 17.5. The number of nitrogens with two attached hydrogens (primary N) is 3. The molecule has 22 heteroatoms. The quantitative estimate of drug-likeness (QED) is 0.0370. The second-order valence-corrected chi connectivity index (χ2v) is 12.1. The zero-order chi connectivity index (χ0) is 39.4. The van der Waals surface area contributed by atoms with E-state index in [1.54, 1.807) is 0 Å². The molecule has 292 valence electrons. The van der Waals surface area contributed by atoms with E-state index in [2.05, 4.69) is 31.9 Å². The zero-order valence-corrected chi connectivity index (χ0v) is 28.5. The maximum absolute atomic E-state index is 13.5. The van der Waals surface area contributed by atoms with E-state index in [0.717, 1.165) is 6.42 Å². The predicted octanol–water partition coefficient (Wildman–Crippen LogP) is -4.75. The van der Waals surface area contributed by atoms with Crippen LogP contribution in [0, 0.1) is 0 Å². The van der Waals surface area contributed by atoms with Crippen molar-refractivity contribution in [3.8, 4) is 0 Å². The fourth-order valence-electron chi connectivity index (χ4n) is 5.05. The van der Waals surface area contributed by atoms with Gasteiger partial charge in [-0.1, -0.05) is 0 Å². The summed E-state index contributed by atoms with van der Waals surface area (Å²) >= 11 is 0. The van der Waals surface area contributed by atoms with Crippen molar-refractivity contribution < 1.29 is 63.3 Å². The third-order valence-corrected chi connectivity index (χ3v) is 7.85. The van der Waals surface area contributed by atoms with Gasteiger partial charge >= 0.3 is 17.9 Å². The predicted molar refractivity (Wildman–Crippen MR) is 177 cm³/mol. The van der Waals surface area contributed by atoms with Crippen molar-refractivity contribution in [1.82, 2.24) is 31.9 Å². The fourth-order valence-corrected chi connectivity index (χ4v) is 5.05. The minimum absolute atomic E-state index is 0.126. The highest BCUT2D eigenvalue weighted by Crippen LogP contribution is 2.10. The van der Waals surface area contributed by atoms with Crippen LogP contribution in [0.15, 0.2) is 0 Å². The van der Waals surface area contributed by atoms with Crippen molar-refractivity contribution in [2.75, 3.05) is 13.1 Å². The van der Waals surface area contributed by atoms with Crippen LogP contribution >= 0.6 is 0 Å². The number of hydrogen-bond donors (Lipinski definition) is 12. The molecule has 6 atom stereocenters. The number of carbonyl (C=O) groups excluding carboxylic acids is 7. The van der Waals surface area contributed by atoms with Gasteiger partial charge in [0, 0.05) is 19.3 Å². The highest BCUT2D eigenvalue weighted by Gasteiger charge is 2.34. The van der Waals surface area contributed by atoms with Gasteiger partial charge in [-0.2, -0.15) is 0 Å². The molecule has 0 aliphatic carbocycles. The molecule has 1 aliphatic heterocycles. The Bertz CT molecular complexity index is 1320. The Kier molecular flexibility index (Phi) is 19.9. The first kappa shape index (κ1) is 44.6. The summed E-state index contributed by atoms with van der Waals surface area (Å²) in [7, 11) is 0. The van der Waals surface area contributed by atoms with Crippen molar-refractivity contribution in [2.45, 2.75) is 113 Å². The monoisotopic (exact) mass is 743 g/mol. The molecule has 0 aromatic heterocycles. The van der Waals surface area contributed by atoms with Crippen molar-refractivity contribution >= 4 is 59.3 Å². The lowest BCUT2D eigenvalue weighted by molar-refractivity contribution is -0.144. The van der Waals surface area contributed by atoms with Crippen LogP contribution in [0.3, 0.4) is 0 Å². The van der Waals surface area contributed by atoms with Gasteiger partial charge in [0.1, 0.15) is 30.2 Å². The lowest BCUT2D eigenvalue weighted by Crippen LogP contribution is -2.59. The Morgan fingerprint density at radius 2 is 1.06 bits per heavy atom. The minimum Gasteiger partial charge on any atom is -0.481 e. The van der Waals surface area contributed by atoms with E-state index < -0.39 is 140 Å². The van der Waals surface area contributed by atoms with Gasteiger partial charge in [-0.25, -0.2) is 4.79 Å². The van der Waals surface area contributed by atoms with Gasteiger partial charge in [0.05, 0.1) is 12.5 Å². The average molecular weight is 744 g/mol. The first-order chi connectivity index (χ1) is 24.4. The molecule has 0 saturated carbocycles. The van der Waals surface area contributed by atoms with E-state index in [-0.39, 0.29) is 6.42 Å². The van der Waals surface area contributed by atoms with Crippen LogP contribution in [0.4, 0.5) is 0 Å². The number of nitrogens with one attached hydrogen (secondary N) is 6. The van der Waals surface area contributed by atoms with Gasteiger partial charge in [-0.05, 0) is 64.5 Å². The number of aliphatic carboxylic acids is 3. The summed E-state index contributed by atoms with van der Waals surface area (Å²) in [5.41, 5.74) is 15.8. The van der Waals surface area contributed by atoms with Crippen LogP contribution in [-0.4, -0.2) is 124 Å². The second-order valence-electron chi connectivity index (χ2n) is 12.1. The van der Waals surface area contributed by atoms with Gasteiger partial charge in [-0.15, -0.1) is 0 Å². The molecule has 1 aliphatic rings. The first-order valence-corrected chi connectivity index (χ1v) is 16.6. The van der Waals surface area contributed by atoms with Crippen molar-refractivity contribution in [3.05, 3.63) is 0 Å². The molecule has 1 heterocycles. The molecule has 15 N–H and O–H groups in total. The topological polar surface area (TPSA) is 382 Å². The molecule has 0 aromatic carbocycles. The number of primary amides is 2. The maximum atomic E-state index is 13.5. The van der Waals surface area contributed by atoms with Gasteiger partial charge in [-0.3, -0.25) is 43.2 Å². The number of rotatable bonds is 26. The number of unbranched alkanes of at least 4 members (excludes halogenated alkanes) is 1. The smallest absolute Gasteiger partial charge is 0.326 e.